The van der Waals surface area contributed by atoms with Crippen molar-refractivity contribution in [3.63, 3.8) is 0 Å². The summed E-state index contributed by atoms with van der Waals surface area (Å²) in [5, 5.41) is 6.22. The first-order valence-corrected chi connectivity index (χ1v) is 14.6. The topological polar surface area (TPSA) is 102 Å². The third kappa shape index (κ3) is 9.55. The van der Waals surface area contributed by atoms with Gasteiger partial charge in [0, 0.05) is 39.0 Å². The highest BCUT2D eigenvalue weighted by Crippen LogP contribution is 2.29. The Hall–Kier alpha value is -2.94. The number of likely N-dealkylation sites (N-methyl/N-ethyl adjacent to an activating group) is 3. The van der Waals surface area contributed by atoms with Crippen LogP contribution >= 0.6 is 0 Å². The predicted octanol–water partition coefficient (Wildman–Crippen LogP) is 3.28. The molecule has 232 valence electrons. The van der Waals surface area contributed by atoms with Crippen molar-refractivity contribution in [3.8, 4) is 0 Å². The second kappa shape index (κ2) is 14.8. The SMILES string of the molecule is CN[C@H](C(=O)N[C@H](C(=O)N(C)[C@H](CN(CC(=O)N(C)C(C)C)C(C)=O)C(C)C)C(C)(C)C)C(C)(C)c1ccccc1. The molecule has 1 rings (SSSR count). The van der Waals surface area contributed by atoms with Crippen LogP contribution in [0.3, 0.4) is 0 Å². The molecule has 0 aliphatic heterocycles. The number of carbonyl (C=O) groups excluding carboxylic acids is 4. The summed E-state index contributed by atoms with van der Waals surface area (Å²) in [5.41, 5.74) is -0.129. The molecule has 9 heteroatoms. The zero-order chi connectivity index (χ0) is 31.9. The first-order chi connectivity index (χ1) is 18.8. The van der Waals surface area contributed by atoms with Crippen molar-refractivity contribution in [2.24, 2.45) is 11.3 Å². The van der Waals surface area contributed by atoms with E-state index in [0.29, 0.717) is 0 Å². The standard InChI is InChI=1S/C32H55N5O4/c1-21(2)25(19-37(23(5)38)20-26(39)35(12)22(3)4)36(13)30(41)28(31(6,7)8)34-29(40)27(33-11)32(9,10)24-17-15-14-16-18-24/h14-18,21-22,25,27-28,33H,19-20H2,1-13H3,(H,34,40)/t25-,27-,28-/m1/s1. The number of hydrogen-bond donors (Lipinski definition) is 2. The highest BCUT2D eigenvalue weighted by atomic mass is 16.2. The molecule has 1 aromatic rings. The Labute approximate surface area is 248 Å². The van der Waals surface area contributed by atoms with Gasteiger partial charge in [0.25, 0.3) is 0 Å². The Morgan fingerprint density at radius 3 is 1.80 bits per heavy atom. The highest BCUT2D eigenvalue weighted by molar-refractivity contribution is 5.91. The van der Waals surface area contributed by atoms with Crippen LogP contribution in [0, 0.1) is 11.3 Å². The largest absolute Gasteiger partial charge is 0.342 e. The third-order valence-corrected chi connectivity index (χ3v) is 8.15. The van der Waals surface area contributed by atoms with Gasteiger partial charge in [-0.25, -0.2) is 0 Å². The fourth-order valence-electron chi connectivity index (χ4n) is 4.97. The van der Waals surface area contributed by atoms with Gasteiger partial charge in [-0.15, -0.1) is 0 Å². The van der Waals surface area contributed by atoms with Crippen molar-refractivity contribution in [3.05, 3.63) is 35.9 Å². The zero-order valence-corrected chi connectivity index (χ0v) is 27.7. The van der Waals surface area contributed by atoms with Crippen molar-refractivity contribution in [2.45, 2.75) is 98.8 Å². The summed E-state index contributed by atoms with van der Waals surface area (Å²) in [5.74, 6) is -0.918. The monoisotopic (exact) mass is 573 g/mol. The average Bonchev–Trinajstić information content (AvgIpc) is 2.87. The number of nitrogens with one attached hydrogen (secondary N) is 2. The highest BCUT2D eigenvalue weighted by Gasteiger charge is 2.42. The predicted molar refractivity (Wildman–Crippen MR) is 165 cm³/mol. The van der Waals surface area contributed by atoms with Crippen LogP contribution in [0.25, 0.3) is 0 Å². The molecule has 0 heterocycles. The Balaban J connectivity index is 3.27. The van der Waals surface area contributed by atoms with Crippen molar-refractivity contribution in [1.29, 1.82) is 0 Å². The van der Waals surface area contributed by atoms with E-state index >= 15 is 0 Å². The Morgan fingerprint density at radius 1 is 0.854 bits per heavy atom. The van der Waals surface area contributed by atoms with E-state index in [4.69, 9.17) is 0 Å². The molecule has 0 radical (unpaired) electrons. The Morgan fingerprint density at radius 2 is 1.39 bits per heavy atom. The molecular formula is C32H55N5O4. The number of amides is 4. The summed E-state index contributed by atoms with van der Waals surface area (Å²) >= 11 is 0. The van der Waals surface area contributed by atoms with E-state index < -0.39 is 22.9 Å². The van der Waals surface area contributed by atoms with Crippen molar-refractivity contribution in [1.82, 2.24) is 25.3 Å². The van der Waals surface area contributed by atoms with E-state index in [0.717, 1.165) is 5.56 Å². The maximum atomic E-state index is 14.1. The lowest BCUT2D eigenvalue weighted by atomic mass is 9.76. The van der Waals surface area contributed by atoms with Crippen LogP contribution in [0.15, 0.2) is 30.3 Å². The van der Waals surface area contributed by atoms with Gasteiger partial charge >= 0.3 is 0 Å². The Kier molecular flexibility index (Phi) is 13.0. The summed E-state index contributed by atoms with van der Waals surface area (Å²) in [6, 6.07) is 8.05. The van der Waals surface area contributed by atoms with Gasteiger partial charge in [0.05, 0.1) is 18.6 Å². The zero-order valence-electron chi connectivity index (χ0n) is 27.7. The summed E-state index contributed by atoms with van der Waals surface area (Å²) in [6.07, 6.45) is 0. The lowest BCUT2D eigenvalue weighted by Crippen LogP contribution is -2.62. The maximum absolute atomic E-state index is 14.1. The molecule has 2 N–H and O–H groups in total. The lowest BCUT2D eigenvalue weighted by Gasteiger charge is -2.41. The van der Waals surface area contributed by atoms with E-state index in [1.807, 2.05) is 92.6 Å². The summed E-state index contributed by atoms with van der Waals surface area (Å²) < 4.78 is 0. The minimum Gasteiger partial charge on any atom is -0.342 e. The molecule has 3 atom stereocenters. The van der Waals surface area contributed by atoms with Gasteiger partial charge < -0.3 is 25.3 Å². The summed E-state index contributed by atoms with van der Waals surface area (Å²) in [7, 11) is 5.18. The molecule has 0 unspecified atom stereocenters. The maximum Gasteiger partial charge on any atom is 0.245 e. The molecule has 4 amide bonds. The first-order valence-electron chi connectivity index (χ1n) is 14.6. The minimum absolute atomic E-state index is 0.00548. The quantitative estimate of drug-likeness (QED) is 0.377. The number of hydrogen-bond acceptors (Lipinski definition) is 5. The molecule has 0 saturated heterocycles. The normalized spacial score (nSPS) is 14.3. The lowest BCUT2D eigenvalue weighted by molar-refractivity contribution is -0.144. The van der Waals surface area contributed by atoms with Gasteiger partial charge in [-0.05, 0) is 37.8 Å². The number of rotatable bonds is 13. The first kappa shape index (κ1) is 36.1. The number of benzene rings is 1. The molecular weight excluding hydrogens is 518 g/mol. The fourth-order valence-corrected chi connectivity index (χ4v) is 4.97. The van der Waals surface area contributed by atoms with Gasteiger partial charge in [0.15, 0.2) is 0 Å². The molecule has 0 saturated carbocycles. The van der Waals surface area contributed by atoms with E-state index in [-0.39, 0.29) is 54.7 Å². The van der Waals surface area contributed by atoms with Crippen LogP contribution in [0.1, 0.15) is 74.8 Å². The van der Waals surface area contributed by atoms with Crippen molar-refractivity contribution >= 4 is 23.6 Å². The second-order valence-electron chi connectivity index (χ2n) is 13.4. The fraction of sp³-hybridized carbons (Fsp3) is 0.688. The van der Waals surface area contributed by atoms with Crippen LogP contribution in [0.5, 0.6) is 0 Å². The van der Waals surface area contributed by atoms with E-state index in [9.17, 15) is 19.2 Å². The molecule has 0 spiro atoms. The number of carbonyl (C=O) groups is 4. The Bertz CT molecular complexity index is 1030. The molecule has 9 nitrogen and oxygen atoms in total. The molecule has 0 aliphatic rings. The van der Waals surface area contributed by atoms with E-state index in [2.05, 4.69) is 10.6 Å². The van der Waals surface area contributed by atoms with Crippen molar-refractivity contribution < 1.29 is 19.2 Å². The van der Waals surface area contributed by atoms with Crippen LogP contribution in [-0.2, 0) is 24.6 Å². The minimum atomic E-state index is -0.817. The van der Waals surface area contributed by atoms with Crippen LogP contribution in [0.4, 0.5) is 0 Å². The van der Waals surface area contributed by atoms with Crippen LogP contribution < -0.4 is 10.6 Å². The summed E-state index contributed by atoms with van der Waals surface area (Å²) in [4.78, 5) is 57.9. The van der Waals surface area contributed by atoms with Crippen LogP contribution in [-0.4, -0.2) is 96.7 Å². The second-order valence-corrected chi connectivity index (χ2v) is 13.4. The molecule has 0 bridgehead atoms. The molecule has 0 aromatic heterocycles. The van der Waals surface area contributed by atoms with Gasteiger partial charge in [-0.2, -0.15) is 0 Å². The number of nitrogens with zero attached hydrogens (tertiary/aromatic N) is 3. The van der Waals surface area contributed by atoms with E-state index in [1.54, 1.807) is 30.9 Å². The van der Waals surface area contributed by atoms with E-state index in [1.165, 1.54) is 11.8 Å². The smallest absolute Gasteiger partial charge is 0.245 e. The van der Waals surface area contributed by atoms with Gasteiger partial charge in [-0.3, -0.25) is 19.2 Å². The van der Waals surface area contributed by atoms with Crippen LogP contribution in [0.2, 0.25) is 0 Å². The molecule has 0 fully saturated rings. The summed E-state index contributed by atoms with van der Waals surface area (Å²) in [6.45, 7) is 19.2. The average molecular weight is 574 g/mol. The van der Waals surface area contributed by atoms with Gasteiger partial charge in [0.2, 0.25) is 23.6 Å². The van der Waals surface area contributed by atoms with Gasteiger partial charge in [-0.1, -0.05) is 78.8 Å². The van der Waals surface area contributed by atoms with Crippen molar-refractivity contribution in [2.75, 3.05) is 34.2 Å². The molecule has 0 aliphatic carbocycles. The molecule has 41 heavy (non-hydrogen) atoms. The third-order valence-electron chi connectivity index (χ3n) is 8.15. The van der Waals surface area contributed by atoms with Gasteiger partial charge in [0.1, 0.15) is 6.04 Å². The molecule has 1 aromatic carbocycles.